The van der Waals surface area contributed by atoms with Crippen LogP contribution in [-0.4, -0.2) is 18.1 Å². The molecule has 0 amide bonds. The average Bonchev–Trinajstić information content (AvgIpc) is 2.27. The van der Waals surface area contributed by atoms with Crippen molar-refractivity contribution in [2.75, 3.05) is 13.2 Å². The second-order valence-electron chi connectivity index (χ2n) is 3.26. The van der Waals surface area contributed by atoms with Crippen LogP contribution in [0.25, 0.3) is 0 Å². The first-order valence-corrected chi connectivity index (χ1v) is 5.29. The zero-order valence-electron chi connectivity index (χ0n) is 9.93. The molecule has 0 unspecified atom stereocenters. The Morgan fingerprint density at radius 1 is 1.41 bits per heavy atom. The molecule has 0 spiro atoms. The Morgan fingerprint density at radius 3 is 2.65 bits per heavy atom. The summed E-state index contributed by atoms with van der Waals surface area (Å²) in [7, 11) is 0. The molecule has 96 valence electrons. The SMILES string of the molecule is CCNCc1cc([N+](=O)[O-])ccc1OCC.Cl. The molecule has 0 fully saturated rings. The summed E-state index contributed by atoms with van der Waals surface area (Å²) < 4.78 is 5.41. The van der Waals surface area contributed by atoms with Gasteiger partial charge in [-0.15, -0.1) is 12.4 Å². The van der Waals surface area contributed by atoms with E-state index in [1.54, 1.807) is 12.1 Å². The number of hydrogen-bond donors (Lipinski definition) is 1. The Morgan fingerprint density at radius 2 is 2.12 bits per heavy atom. The quantitative estimate of drug-likeness (QED) is 0.631. The Hall–Kier alpha value is -1.33. The van der Waals surface area contributed by atoms with Gasteiger partial charge in [0.25, 0.3) is 5.69 Å². The Balaban J connectivity index is 0.00000256. The number of nitrogens with one attached hydrogen (secondary N) is 1. The number of rotatable bonds is 6. The van der Waals surface area contributed by atoms with Crippen LogP contribution < -0.4 is 10.1 Å². The van der Waals surface area contributed by atoms with Crippen molar-refractivity contribution in [1.29, 1.82) is 0 Å². The third-order valence-corrected chi connectivity index (χ3v) is 2.12. The maximum atomic E-state index is 10.6. The minimum Gasteiger partial charge on any atom is -0.494 e. The minimum atomic E-state index is -0.398. The molecule has 0 saturated carbocycles. The summed E-state index contributed by atoms with van der Waals surface area (Å²) in [4.78, 5) is 10.2. The van der Waals surface area contributed by atoms with E-state index in [4.69, 9.17) is 4.74 Å². The first-order chi connectivity index (χ1) is 7.69. The van der Waals surface area contributed by atoms with Crippen molar-refractivity contribution >= 4 is 18.1 Å². The normalized spacial score (nSPS) is 9.53. The second-order valence-corrected chi connectivity index (χ2v) is 3.26. The van der Waals surface area contributed by atoms with Gasteiger partial charge < -0.3 is 10.1 Å². The Bertz CT molecular complexity index is 372. The van der Waals surface area contributed by atoms with Crippen LogP contribution in [0, 0.1) is 10.1 Å². The number of non-ortho nitro benzene ring substituents is 1. The van der Waals surface area contributed by atoms with Crippen molar-refractivity contribution in [1.82, 2.24) is 5.32 Å². The molecule has 0 atom stereocenters. The molecule has 0 aliphatic rings. The lowest BCUT2D eigenvalue weighted by molar-refractivity contribution is -0.384. The second kappa shape index (κ2) is 7.86. The predicted molar refractivity (Wildman–Crippen MR) is 68.9 cm³/mol. The fraction of sp³-hybridized carbons (Fsp3) is 0.455. The van der Waals surface area contributed by atoms with E-state index >= 15 is 0 Å². The molecule has 1 N–H and O–H groups in total. The van der Waals surface area contributed by atoms with Crippen molar-refractivity contribution in [3.05, 3.63) is 33.9 Å². The lowest BCUT2D eigenvalue weighted by atomic mass is 10.1. The summed E-state index contributed by atoms with van der Waals surface area (Å²) in [5.74, 6) is 0.703. The fourth-order valence-electron chi connectivity index (χ4n) is 1.37. The van der Waals surface area contributed by atoms with Gasteiger partial charge in [-0.2, -0.15) is 0 Å². The van der Waals surface area contributed by atoms with Crippen LogP contribution in [-0.2, 0) is 6.54 Å². The van der Waals surface area contributed by atoms with E-state index in [-0.39, 0.29) is 18.1 Å². The maximum Gasteiger partial charge on any atom is 0.270 e. The predicted octanol–water partition coefficient (Wildman–Crippen LogP) is 2.52. The minimum absolute atomic E-state index is 0. The number of nitro benzene ring substituents is 1. The van der Waals surface area contributed by atoms with Crippen LogP contribution in [0.15, 0.2) is 18.2 Å². The van der Waals surface area contributed by atoms with Gasteiger partial charge >= 0.3 is 0 Å². The lowest BCUT2D eigenvalue weighted by Gasteiger charge is -2.10. The molecular formula is C11H17ClN2O3. The van der Waals surface area contributed by atoms with E-state index in [0.717, 1.165) is 12.1 Å². The van der Waals surface area contributed by atoms with Crippen molar-refractivity contribution < 1.29 is 9.66 Å². The van der Waals surface area contributed by atoms with Crippen molar-refractivity contribution in [2.24, 2.45) is 0 Å². The summed E-state index contributed by atoms with van der Waals surface area (Å²) in [5, 5.41) is 13.8. The highest BCUT2D eigenvalue weighted by Crippen LogP contribution is 2.24. The van der Waals surface area contributed by atoms with E-state index in [9.17, 15) is 10.1 Å². The van der Waals surface area contributed by atoms with Gasteiger partial charge in [-0.25, -0.2) is 0 Å². The van der Waals surface area contributed by atoms with E-state index in [1.807, 2.05) is 13.8 Å². The maximum absolute atomic E-state index is 10.6. The van der Waals surface area contributed by atoms with Gasteiger partial charge in [0.1, 0.15) is 5.75 Å². The molecule has 6 heteroatoms. The Labute approximate surface area is 107 Å². The molecule has 0 aliphatic carbocycles. The largest absolute Gasteiger partial charge is 0.494 e. The standard InChI is InChI=1S/C11H16N2O3.ClH/c1-3-12-8-9-7-10(13(14)15)5-6-11(9)16-4-2;/h5-7,12H,3-4,8H2,1-2H3;1H. The topological polar surface area (TPSA) is 64.4 Å². The first kappa shape index (κ1) is 15.7. The van der Waals surface area contributed by atoms with Crippen molar-refractivity contribution in [3.63, 3.8) is 0 Å². The van der Waals surface area contributed by atoms with Crippen LogP contribution >= 0.6 is 12.4 Å². The van der Waals surface area contributed by atoms with Gasteiger partial charge in [0.2, 0.25) is 0 Å². The number of nitrogens with zero attached hydrogens (tertiary/aromatic N) is 1. The zero-order chi connectivity index (χ0) is 12.0. The monoisotopic (exact) mass is 260 g/mol. The van der Waals surface area contributed by atoms with Crippen LogP contribution in [0.4, 0.5) is 5.69 Å². The molecule has 1 rings (SSSR count). The van der Waals surface area contributed by atoms with Crippen LogP contribution in [0.2, 0.25) is 0 Å². The van der Waals surface area contributed by atoms with Crippen LogP contribution in [0.1, 0.15) is 19.4 Å². The molecule has 1 aromatic carbocycles. The highest BCUT2D eigenvalue weighted by atomic mass is 35.5. The van der Waals surface area contributed by atoms with E-state index < -0.39 is 4.92 Å². The summed E-state index contributed by atoms with van der Waals surface area (Å²) >= 11 is 0. The highest BCUT2D eigenvalue weighted by molar-refractivity contribution is 5.85. The fourth-order valence-corrected chi connectivity index (χ4v) is 1.37. The molecule has 0 saturated heterocycles. The number of halogens is 1. The third-order valence-electron chi connectivity index (χ3n) is 2.12. The van der Waals surface area contributed by atoms with Crippen molar-refractivity contribution in [2.45, 2.75) is 20.4 Å². The molecular weight excluding hydrogens is 244 g/mol. The first-order valence-electron chi connectivity index (χ1n) is 5.29. The third kappa shape index (κ3) is 4.58. The van der Waals surface area contributed by atoms with Crippen LogP contribution in [0.5, 0.6) is 5.75 Å². The number of nitro groups is 1. The molecule has 0 aromatic heterocycles. The van der Waals surface area contributed by atoms with E-state index in [1.165, 1.54) is 6.07 Å². The molecule has 0 heterocycles. The number of hydrogen-bond acceptors (Lipinski definition) is 4. The summed E-state index contributed by atoms with van der Waals surface area (Å²) in [6.45, 7) is 5.81. The van der Waals surface area contributed by atoms with Gasteiger partial charge in [-0.3, -0.25) is 10.1 Å². The molecule has 1 aromatic rings. The zero-order valence-corrected chi connectivity index (χ0v) is 10.8. The average molecular weight is 261 g/mol. The highest BCUT2D eigenvalue weighted by Gasteiger charge is 2.10. The van der Waals surface area contributed by atoms with Crippen LogP contribution in [0.3, 0.4) is 0 Å². The molecule has 0 aliphatic heterocycles. The number of ether oxygens (including phenoxy) is 1. The van der Waals surface area contributed by atoms with Gasteiger partial charge in [0.15, 0.2) is 0 Å². The molecule has 0 radical (unpaired) electrons. The lowest BCUT2D eigenvalue weighted by Crippen LogP contribution is -2.13. The van der Waals surface area contributed by atoms with Gasteiger partial charge in [0, 0.05) is 24.2 Å². The summed E-state index contributed by atoms with van der Waals surface area (Å²) in [6, 6.07) is 4.66. The molecule has 5 nitrogen and oxygen atoms in total. The number of benzene rings is 1. The van der Waals surface area contributed by atoms with E-state index in [0.29, 0.717) is 18.9 Å². The van der Waals surface area contributed by atoms with Gasteiger partial charge in [-0.1, -0.05) is 6.92 Å². The Kier molecular flexibility index (Phi) is 7.25. The van der Waals surface area contributed by atoms with Gasteiger partial charge in [0.05, 0.1) is 11.5 Å². The molecule has 17 heavy (non-hydrogen) atoms. The van der Waals surface area contributed by atoms with Crippen molar-refractivity contribution in [3.8, 4) is 5.75 Å². The van der Waals surface area contributed by atoms with Gasteiger partial charge in [-0.05, 0) is 19.5 Å². The molecule has 0 bridgehead atoms. The smallest absolute Gasteiger partial charge is 0.270 e. The van der Waals surface area contributed by atoms with E-state index in [2.05, 4.69) is 5.32 Å². The summed E-state index contributed by atoms with van der Waals surface area (Å²) in [5.41, 5.74) is 0.911. The summed E-state index contributed by atoms with van der Waals surface area (Å²) in [6.07, 6.45) is 0.